The van der Waals surface area contributed by atoms with Gasteiger partial charge in [-0.15, -0.1) is 0 Å². The first-order valence-electron chi connectivity index (χ1n) is 6.94. The van der Waals surface area contributed by atoms with E-state index in [1.807, 2.05) is 4.90 Å². The summed E-state index contributed by atoms with van der Waals surface area (Å²) >= 11 is 5.81. The van der Waals surface area contributed by atoms with Crippen LogP contribution in [0.4, 0.5) is 0 Å². The van der Waals surface area contributed by atoms with Crippen LogP contribution in [0.2, 0.25) is 5.02 Å². The Hall–Kier alpha value is -1.82. The van der Waals surface area contributed by atoms with Crippen molar-refractivity contribution in [2.45, 2.75) is 24.9 Å². The van der Waals surface area contributed by atoms with Crippen LogP contribution < -0.4 is 0 Å². The van der Waals surface area contributed by atoms with Crippen LogP contribution in [0, 0.1) is 0 Å². The van der Waals surface area contributed by atoms with Gasteiger partial charge in [-0.25, -0.2) is 0 Å². The summed E-state index contributed by atoms with van der Waals surface area (Å²) in [5.74, 6) is -0.0369. The number of rotatable bonds is 3. The van der Waals surface area contributed by atoms with Crippen molar-refractivity contribution < 1.29 is 9.59 Å². The molecule has 0 aromatic carbocycles. The Labute approximate surface area is 127 Å². The Balaban J connectivity index is 1.68. The van der Waals surface area contributed by atoms with Gasteiger partial charge in [0.25, 0.3) is 0 Å². The van der Waals surface area contributed by atoms with Crippen LogP contribution in [-0.4, -0.2) is 56.6 Å². The summed E-state index contributed by atoms with van der Waals surface area (Å²) in [6.07, 6.45) is 6.37. The predicted molar refractivity (Wildman–Crippen MR) is 77.7 cm³/mol. The van der Waals surface area contributed by atoms with Crippen molar-refractivity contribution in [3.63, 3.8) is 0 Å². The third-order valence-electron chi connectivity index (χ3n) is 4.16. The molecule has 0 N–H and O–H groups in total. The Morgan fingerprint density at radius 3 is 2.76 bits per heavy atom. The molecule has 0 bridgehead atoms. The smallest absolute Gasteiger partial charge is 0.246 e. The highest BCUT2D eigenvalue weighted by Crippen LogP contribution is 2.44. The molecule has 1 aliphatic carbocycles. The second-order valence-corrected chi connectivity index (χ2v) is 6.03. The standard InChI is InChI=1S/C14H17ClN4O2/c1-2-12(20)17-5-6-19(14(10-17)3-4-14)13(21)9-18-8-11(15)7-16-18/h2,7-8H,1,3-6,9-10H2. The molecule has 1 saturated heterocycles. The molecule has 7 heteroatoms. The summed E-state index contributed by atoms with van der Waals surface area (Å²) in [6.45, 7) is 5.42. The van der Waals surface area contributed by atoms with Crippen molar-refractivity contribution >= 4 is 23.4 Å². The molecule has 0 atom stereocenters. The first-order chi connectivity index (χ1) is 10.0. The molecule has 1 saturated carbocycles. The number of carbonyl (C=O) groups excluding carboxylic acids is 2. The van der Waals surface area contributed by atoms with Gasteiger partial charge in [0.1, 0.15) is 6.54 Å². The maximum atomic E-state index is 12.5. The van der Waals surface area contributed by atoms with Gasteiger partial charge < -0.3 is 9.80 Å². The van der Waals surface area contributed by atoms with Gasteiger partial charge >= 0.3 is 0 Å². The molecule has 3 rings (SSSR count). The lowest BCUT2D eigenvalue weighted by atomic mass is 10.1. The SMILES string of the molecule is C=CC(=O)N1CCN(C(=O)Cn2cc(Cl)cn2)C2(CC2)C1. The third-order valence-corrected chi connectivity index (χ3v) is 4.36. The van der Waals surface area contributed by atoms with Crippen LogP contribution in [0.5, 0.6) is 0 Å². The molecular formula is C14H17ClN4O2. The molecule has 2 heterocycles. The van der Waals surface area contributed by atoms with Crippen molar-refractivity contribution in [1.29, 1.82) is 0 Å². The predicted octanol–water partition coefficient (Wildman–Crippen LogP) is 0.926. The zero-order chi connectivity index (χ0) is 15.0. The van der Waals surface area contributed by atoms with Crippen LogP contribution in [0.3, 0.4) is 0 Å². The molecule has 1 aliphatic heterocycles. The molecule has 2 fully saturated rings. The van der Waals surface area contributed by atoms with Gasteiger partial charge in [-0.3, -0.25) is 14.3 Å². The summed E-state index contributed by atoms with van der Waals surface area (Å²) in [6, 6.07) is 0. The monoisotopic (exact) mass is 308 g/mol. The summed E-state index contributed by atoms with van der Waals surface area (Å²) in [7, 11) is 0. The molecule has 1 aromatic heterocycles. The number of nitrogens with zero attached hydrogens (tertiary/aromatic N) is 4. The van der Waals surface area contributed by atoms with E-state index in [-0.39, 0.29) is 23.9 Å². The van der Waals surface area contributed by atoms with Gasteiger partial charge in [0.15, 0.2) is 0 Å². The van der Waals surface area contributed by atoms with E-state index in [9.17, 15) is 9.59 Å². The summed E-state index contributed by atoms with van der Waals surface area (Å²) in [5, 5.41) is 4.55. The minimum Gasteiger partial charge on any atom is -0.335 e. The first-order valence-corrected chi connectivity index (χ1v) is 7.32. The number of aromatic nitrogens is 2. The van der Waals surface area contributed by atoms with Crippen molar-refractivity contribution in [2.24, 2.45) is 0 Å². The molecular weight excluding hydrogens is 292 g/mol. The summed E-state index contributed by atoms with van der Waals surface area (Å²) in [4.78, 5) is 27.9. The Morgan fingerprint density at radius 2 is 2.19 bits per heavy atom. The Bertz CT molecular complexity index is 594. The maximum Gasteiger partial charge on any atom is 0.246 e. The Kier molecular flexibility index (Phi) is 3.49. The largest absolute Gasteiger partial charge is 0.335 e. The molecule has 21 heavy (non-hydrogen) atoms. The highest BCUT2D eigenvalue weighted by atomic mass is 35.5. The van der Waals surface area contributed by atoms with Crippen LogP contribution in [-0.2, 0) is 16.1 Å². The lowest BCUT2D eigenvalue weighted by Gasteiger charge is -2.42. The third kappa shape index (κ3) is 2.68. The van der Waals surface area contributed by atoms with Gasteiger partial charge in [0.05, 0.1) is 16.8 Å². The molecule has 2 aliphatic rings. The molecule has 0 unspecified atom stereocenters. The van der Waals surface area contributed by atoms with Crippen LogP contribution in [0.15, 0.2) is 25.0 Å². The van der Waals surface area contributed by atoms with E-state index >= 15 is 0 Å². The summed E-state index contributed by atoms with van der Waals surface area (Å²) in [5.41, 5.74) is -0.176. The van der Waals surface area contributed by atoms with Crippen molar-refractivity contribution in [3.05, 3.63) is 30.1 Å². The minimum atomic E-state index is -0.176. The molecule has 6 nitrogen and oxygen atoms in total. The number of hydrogen-bond acceptors (Lipinski definition) is 3. The van der Waals surface area contributed by atoms with Gasteiger partial charge in [-0.1, -0.05) is 18.2 Å². The maximum absolute atomic E-state index is 12.5. The number of halogens is 1. The van der Waals surface area contributed by atoms with E-state index in [2.05, 4.69) is 11.7 Å². The number of amides is 2. The van der Waals surface area contributed by atoms with Crippen molar-refractivity contribution in [3.8, 4) is 0 Å². The Morgan fingerprint density at radius 1 is 1.43 bits per heavy atom. The second kappa shape index (κ2) is 5.18. The zero-order valence-electron chi connectivity index (χ0n) is 11.7. The van der Waals surface area contributed by atoms with Crippen molar-refractivity contribution in [1.82, 2.24) is 19.6 Å². The minimum absolute atomic E-state index is 0.0259. The van der Waals surface area contributed by atoms with E-state index in [1.54, 1.807) is 15.8 Å². The molecule has 2 amide bonds. The molecule has 1 spiro atoms. The van der Waals surface area contributed by atoms with E-state index in [4.69, 9.17) is 11.6 Å². The highest BCUT2D eigenvalue weighted by molar-refractivity contribution is 6.30. The average Bonchev–Trinajstić information content (AvgIpc) is 3.10. The lowest BCUT2D eigenvalue weighted by Crippen LogP contribution is -2.58. The van der Waals surface area contributed by atoms with E-state index in [0.717, 1.165) is 12.8 Å². The normalized spacial score (nSPS) is 19.7. The fraction of sp³-hybridized carbons (Fsp3) is 0.500. The fourth-order valence-corrected chi connectivity index (χ4v) is 3.06. The average molecular weight is 309 g/mol. The zero-order valence-corrected chi connectivity index (χ0v) is 12.4. The van der Waals surface area contributed by atoms with Crippen LogP contribution >= 0.6 is 11.6 Å². The summed E-state index contributed by atoms with van der Waals surface area (Å²) < 4.78 is 1.54. The van der Waals surface area contributed by atoms with Crippen molar-refractivity contribution in [2.75, 3.05) is 19.6 Å². The fourth-order valence-electron chi connectivity index (χ4n) is 2.91. The lowest BCUT2D eigenvalue weighted by molar-refractivity contribution is -0.142. The molecule has 1 aromatic rings. The van der Waals surface area contributed by atoms with E-state index < -0.39 is 0 Å². The highest BCUT2D eigenvalue weighted by Gasteiger charge is 2.53. The molecule has 112 valence electrons. The van der Waals surface area contributed by atoms with Crippen LogP contribution in [0.1, 0.15) is 12.8 Å². The van der Waals surface area contributed by atoms with Gasteiger partial charge in [-0.05, 0) is 18.9 Å². The first kappa shape index (κ1) is 14.1. The quantitative estimate of drug-likeness (QED) is 0.780. The second-order valence-electron chi connectivity index (χ2n) is 5.59. The number of hydrogen-bond donors (Lipinski definition) is 0. The molecule has 0 radical (unpaired) electrons. The van der Waals surface area contributed by atoms with E-state index in [1.165, 1.54) is 12.3 Å². The van der Waals surface area contributed by atoms with E-state index in [0.29, 0.717) is 24.7 Å². The van der Waals surface area contributed by atoms with Gasteiger partial charge in [0, 0.05) is 25.8 Å². The topological polar surface area (TPSA) is 58.4 Å². The number of piperazine rings is 1. The van der Waals surface area contributed by atoms with Crippen LogP contribution in [0.25, 0.3) is 0 Å². The number of carbonyl (C=O) groups is 2. The van der Waals surface area contributed by atoms with Gasteiger partial charge in [0.2, 0.25) is 11.8 Å². The van der Waals surface area contributed by atoms with Gasteiger partial charge in [-0.2, -0.15) is 5.10 Å².